The van der Waals surface area contributed by atoms with Crippen molar-refractivity contribution in [3.05, 3.63) is 58.0 Å². The molecule has 2 aliphatic rings. The van der Waals surface area contributed by atoms with E-state index in [2.05, 4.69) is 42.1 Å². The Hall–Kier alpha value is -2.38. The summed E-state index contributed by atoms with van der Waals surface area (Å²) in [4.78, 5) is 22.2. The lowest BCUT2D eigenvalue weighted by Gasteiger charge is -2.36. The Morgan fingerprint density at radius 3 is 3.00 bits per heavy atom. The van der Waals surface area contributed by atoms with Crippen LogP contribution in [0.1, 0.15) is 56.0 Å². The zero-order chi connectivity index (χ0) is 20.2. The Morgan fingerprint density at radius 2 is 2.17 bits per heavy atom. The van der Waals surface area contributed by atoms with Gasteiger partial charge in [0.15, 0.2) is 5.82 Å². The second-order valence-corrected chi connectivity index (χ2v) is 9.69. The fourth-order valence-electron chi connectivity index (χ4n) is 4.39. The highest BCUT2D eigenvalue weighted by atomic mass is 32.2. The fraction of sp³-hybridized carbons (Fsp3) is 0.409. The molecule has 4 heterocycles. The number of thioether (sulfide) groups is 1. The molecule has 1 saturated heterocycles. The van der Waals surface area contributed by atoms with Crippen LogP contribution in [0.3, 0.4) is 0 Å². The van der Waals surface area contributed by atoms with Gasteiger partial charge in [0.1, 0.15) is 0 Å². The molecule has 6 nitrogen and oxygen atoms in total. The summed E-state index contributed by atoms with van der Waals surface area (Å²) in [5, 5.41) is 5.06. The maximum Gasteiger partial charge on any atom is 0.271 e. The first-order chi connectivity index (χ1) is 13.9. The number of nitrogens with one attached hydrogen (secondary N) is 1. The predicted molar refractivity (Wildman–Crippen MR) is 117 cm³/mol. The number of nitrogens with zero attached hydrogens (tertiary/aromatic N) is 3. The van der Waals surface area contributed by atoms with Crippen molar-refractivity contribution in [3.63, 3.8) is 0 Å². The van der Waals surface area contributed by atoms with Gasteiger partial charge in [0, 0.05) is 18.2 Å². The van der Waals surface area contributed by atoms with E-state index in [9.17, 15) is 4.79 Å². The Balaban J connectivity index is 1.61. The van der Waals surface area contributed by atoms with Gasteiger partial charge in [-0.25, -0.2) is 4.99 Å². The number of H-pyrrole nitrogens is 1. The number of aliphatic imine (C=N–C) groups is 1. The summed E-state index contributed by atoms with van der Waals surface area (Å²) in [5.41, 5.74) is 2.54. The smallest absolute Gasteiger partial charge is 0.271 e. The number of benzene rings is 1. The minimum absolute atomic E-state index is 0.0515. The molecule has 1 fully saturated rings. The minimum Gasteiger partial charge on any atom is -0.375 e. The SMILES string of the molecule is CC1=Nc2c(c(=O)[nH]n2[C@H]2CCOC(C)(C)C2)[C@@H](c2ccc3ncccc3c2)S1. The number of hydrogen-bond donors (Lipinski definition) is 1. The molecule has 150 valence electrons. The van der Waals surface area contributed by atoms with E-state index in [0.29, 0.717) is 6.61 Å². The van der Waals surface area contributed by atoms with Crippen molar-refractivity contribution in [2.24, 2.45) is 4.99 Å². The van der Waals surface area contributed by atoms with Gasteiger partial charge >= 0.3 is 0 Å². The molecule has 1 N–H and O–H groups in total. The van der Waals surface area contributed by atoms with E-state index in [1.807, 2.05) is 23.7 Å². The largest absolute Gasteiger partial charge is 0.375 e. The third kappa shape index (κ3) is 3.32. The average molecular weight is 409 g/mol. The van der Waals surface area contributed by atoms with E-state index in [1.165, 1.54) is 0 Å². The van der Waals surface area contributed by atoms with Gasteiger partial charge in [0.25, 0.3) is 5.56 Å². The summed E-state index contributed by atoms with van der Waals surface area (Å²) in [6, 6.07) is 10.4. The van der Waals surface area contributed by atoms with Crippen molar-refractivity contribution in [3.8, 4) is 0 Å². The molecule has 0 saturated carbocycles. The molecular weight excluding hydrogens is 384 g/mol. The molecule has 0 amide bonds. The predicted octanol–water partition coefficient (Wildman–Crippen LogP) is 4.74. The summed E-state index contributed by atoms with van der Waals surface area (Å²) in [6.45, 7) is 6.90. The molecule has 0 spiro atoms. The number of fused-ring (bicyclic) bond motifs is 2. The number of aromatic amines is 1. The van der Waals surface area contributed by atoms with Crippen LogP contribution < -0.4 is 5.56 Å². The summed E-state index contributed by atoms with van der Waals surface area (Å²) >= 11 is 1.64. The van der Waals surface area contributed by atoms with Crippen LogP contribution in [-0.4, -0.2) is 32.0 Å². The molecular formula is C22H24N4O2S. The Kier molecular flexibility index (Phi) is 4.40. The van der Waals surface area contributed by atoms with Crippen LogP contribution in [0.4, 0.5) is 5.82 Å². The van der Waals surface area contributed by atoms with Crippen molar-refractivity contribution in [1.29, 1.82) is 0 Å². The molecule has 1 aromatic carbocycles. The van der Waals surface area contributed by atoms with Crippen LogP contribution in [0.2, 0.25) is 0 Å². The lowest BCUT2D eigenvalue weighted by Crippen LogP contribution is -2.35. The monoisotopic (exact) mass is 408 g/mol. The second-order valence-electron chi connectivity index (χ2n) is 8.39. The number of hydrogen-bond acceptors (Lipinski definition) is 5. The van der Waals surface area contributed by atoms with Gasteiger partial charge in [-0.05, 0) is 57.4 Å². The summed E-state index contributed by atoms with van der Waals surface area (Å²) in [6.07, 6.45) is 3.51. The molecule has 0 bridgehead atoms. The summed E-state index contributed by atoms with van der Waals surface area (Å²) in [5.74, 6) is 0.769. The van der Waals surface area contributed by atoms with Gasteiger partial charge in [-0.1, -0.05) is 23.9 Å². The van der Waals surface area contributed by atoms with Crippen LogP contribution in [0, 0.1) is 0 Å². The average Bonchev–Trinajstić information content (AvgIpc) is 3.02. The van der Waals surface area contributed by atoms with Gasteiger partial charge in [-0.3, -0.25) is 19.6 Å². The minimum atomic E-state index is -0.204. The zero-order valence-corrected chi connectivity index (χ0v) is 17.6. The maximum absolute atomic E-state index is 13.0. The second kappa shape index (κ2) is 6.85. The fourth-order valence-corrected chi connectivity index (χ4v) is 5.48. The van der Waals surface area contributed by atoms with Gasteiger partial charge in [0.2, 0.25) is 0 Å². The van der Waals surface area contributed by atoms with E-state index >= 15 is 0 Å². The van der Waals surface area contributed by atoms with Crippen molar-refractivity contribution in [1.82, 2.24) is 14.8 Å². The first-order valence-electron chi connectivity index (χ1n) is 9.96. The molecule has 0 aliphatic carbocycles. The third-order valence-electron chi connectivity index (χ3n) is 5.72. The van der Waals surface area contributed by atoms with Gasteiger partial charge in [-0.2, -0.15) is 0 Å². The number of ether oxygens (including phenoxy) is 1. The molecule has 7 heteroatoms. The Labute approximate surface area is 173 Å². The van der Waals surface area contributed by atoms with Crippen molar-refractivity contribution < 1.29 is 4.74 Å². The van der Waals surface area contributed by atoms with Crippen LogP contribution in [0.5, 0.6) is 0 Å². The highest BCUT2D eigenvalue weighted by Gasteiger charge is 2.35. The van der Waals surface area contributed by atoms with E-state index in [1.54, 1.807) is 18.0 Å². The van der Waals surface area contributed by atoms with Crippen molar-refractivity contribution >= 4 is 33.5 Å². The van der Waals surface area contributed by atoms with Gasteiger partial charge in [-0.15, -0.1) is 0 Å². The molecule has 3 aromatic rings. The maximum atomic E-state index is 13.0. The topological polar surface area (TPSA) is 72.3 Å². The molecule has 0 unspecified atom stereocenters. The number of rotatable bonds is 2. The summed E-state index contributed by atoms with van der Waals surface area (Å²) < 4.78 is 7.86. The first-order valence-corrected chi connectivity index (χ1v) is 10.8. The molecule has 2 atom stereocenters. The molecule has 29 heavy (non-hydrogen) atoms. The molecule has 2 aromatic heterocycles. The zero-order valence-electron chi connectivity index (χ0n) is 16.8. The summed E-state index contributed by atoms with van der Waals surface area (Å²) in [7, 11) is 0. The van der Waals surface area contributed by atoms with Crippen LogP contribution >= 0.6 is 11.8 Å². The van der Waals surface area contributed by atoms with Crippen LogP contribution in [-0.2, 0) is 4.74 Å². The van der Waals surface area contributed by atoms with Gasteiger partial charge in [0.05, 0.1) is 33.0 Å². The molecule has 0 radical (unpaired) electrons. The van der Waals surface area contributed by atoms with E-state index in [4.69, 9.17) is 9.73 Å². The Bertz CT molecular complexity index is 1180. The van der Waals surface area contributed by atoms with Crippen LogP contribution in [0.15, 0.2) is 46.3 Å². The lowest BCUT2D eigenvalue weighted by atomic mass is 9.94. The molecule has 5 rings (SSSR count). The van der Waals surface area contributed by atoms with Crippen molar-refractivity contribution in [2.45, 2.75) is 50.5 Å². The third-order valence-corrected chi connectivity index (χ3v) is 6.89. The highest BCUT2D eigenvalue weighted by Crippen LogP contribution is 2.45. The quantitative estimate of drug-likeness (QED) is 0.665. The van der Waals surface area contributed by atoms with Crippen molar-refractivity contribution in [2.75, 3.05) is 6.61 Å². The standard InChI is InChI=1S/C22H24N4O2S/c1-13-24-20-18(21(27)25-26(20)16-8-10-28-22(2,3)12-16)19(29-13)15-6-7-17-14(11-15)5-4-9-23-17/h4-7,9,11,16,19H,8,10,12H2,1-3H3,(H,25,27)/t16-,19+/m0/s1. The van der Waals surface area contributed by atoms with E-state index in [-0.39, 0.29) is 22.5 Å². The number of pyridine rings is 1. The Morgan fingerprint density at radius 1 is 1.31 bits per heavy atom. The molecule has 2 aliphatic heterocycles. The van der Waals surface area contributed by atoms with E-state index in [0.717, 1.165) is 45.7 Å². The van der Waals surface area contributed by atoms with Gasteiger partial charge < -0.3 is 4.74 Å². The first kappa shape index (κ1) is 18.6. The van der Waals surface area contributed by atoms with Crippen LogP contribution in [0.25, 0.3) is 10.9 Å². The normalized spacial score (nSPS) is 23.6. The number of aromatic nitrogens is 3. The van der Waals surface area contributed by atoms with E-state index < -0.39 is 0 Å². The highest BCUT2D eigenvalue weighted by molar-refractivity contribution is 8.14. The lowest BCUT2D eigenvalue weighted by molar-refractivity contribution is -0.0705.